The fourth-order valence-corrected chi connectivity index (χ4v) is 2.85. The molecule has 0 spiro atoms. The SMILES string of the molecule is CC(C)(Cc1ccccc1Cl)NC(=O)[C@@H]1CC[C@H](CN)O1. The molecule has 116 valence electrons. The van der Waals surface area contributed by atoms with Crippen molar-refractivity contribution in [1.29, 1.82) is 0 Å². The second-order valence-corrected chi connectivity index (χ2v) is 6.61. The van der Waals surface area contributed by atoms with E-state index in [0.717, 1.165) is 23.4 Å². The van der Waals surface area contributed by atoms with Crippen LogP contribution in [0.4, 0.5) is 0 Å². The van der Waals surface area contributed by atoms with Gasteiger partial charge in [0.1, 0.15) is 6.10 Å². The van der Waals surface area contributed by atoms with E-state index in [2.05, 4.69) is 5.32 Å². The summed E-state index contributed by atoms with van der Waals surface area (Å²) in [5, 5.41) is 3.78. The van der Waals surface area contributed by atoms with E-state index in [-0.39, 0.29) is 23.7 Å². The van der Waals surface area contributed by atoms with Crippen molar-refractivity contribution in [2.24, 2.45) is 5.73 Å². The van der Waals surface area contributed by atoms with Gasteiger partial charge >= 0.3 is 0 Å². The predicted octanol–water partition coefficient (Wildman–Crippen LogP) is 2.28. The number of benzene rings is 1. The Morgan fingerprint density at radius 2 is 2.14 bits per heavy atom. The van der Waals surface area contributed by atoms with Crippen molar-refractivity contribution in [1.82, 2.24) is 5.32 Å². The minimum atomic E-state index is -0.385. The Bertz CT molecular complexity index is 505. The van der Waals surface area contributed by atoms with Gasteiger partial charge in [-0.3, -0.25) is 4.79 Å². The van der Waals surface area contributed by atoms with E-state index in [4.69, 9.17) is 22.1 Å². The fraction of sp³-hybridized carbons (Fsp3) is 0.562. The number of halogens is 1. The summed E-state index contributed by atoms with van der Waals surface area (Å²) in [6.07, 6.45) is 1.87. The van der Waals surface area contributed by atoms with Gasteiger partial charge < -0.3 is 15.8 Å². The molecule has 1 aliphatic heterocycles. The molecule has 1 saturated heterocycles. The van der Waals surface area contributed by atoms with Gasteiger partial charge in [-0.15, -0.1) is 0 Å². The molecule has 1 aromatic carbocycles. The molecule has 0 unspecified atom stereocenters. The van der Waals surface area contributed by atoms with Gasteiger partial charge in [-0.2, -0.15) is 0 Å². The molecule has 3 N–H and O–H groups in total. The van der Waals surface area contributed by atoms with Crippen molar-refractivity contribution in [3.63, 3.8) is 0 Å². The second kappa shape index (κ2) is 6.77. The summed E-state index contributed by atoms with van der Waals surface area (Å²) in [4.78, 5) is 12.3. The highest BCUT2D eigenvalue weighted by atomic mass is 35.5. The van der Waals surface area contributed by atoms with Crippen LogP contribution in [0.25, 0.3) is 0 Å². The van der Waals surface area contributed by atoms with Crippen LogP contribution in [-0.4, -0.2) is 30.2 Å². The zero-order valence-corrected chi connectivity index (χ0v) is 13.3. The third kappa shape index (κ3) is 4.43. The number of hydrogen-bond donors (Lipinski definition) is 2. The largest absolute Gasteiger partial charge is 0.364 e. The average Bonchev–Trinajstić information content (AvgIpc) is 2.89. The maximum absolute atomic E-state index is 12.3. The highest BCUT2D eigenvalue weighted by Crippen LogP contribution is 2.23. The van der Waals surface area contributed by atoms with Crippen LogP contribution in [0.3, 0.4) is 0 Å². The van der Waals surface area contributed by atoms with E-state index in [1.807, 2.05) is 38.1 Å². The third-order valence-corrected chi connectivity index (χ3v) is 4.08. The number of hydrogen-bond acceptors (Lipinski definition) is 3. The van der Waals surface area contributed by atoms with Crippen LogP contribution in [0.2, 0.25) is 5.02 Å². The first-order valence-corrected chi connectivity index (χ1v) is 7.70. The number of nitrogens with one attached hydrogen (secondary N) is 1. The zero-order valence-electron chi connectivity index (χ0n) is 12.6. The minimum Gasteiger partial charge on any atom is -0.364 e. The molecule has 1 amide bonds. The molecule has 2 atom stereocenters. The average molecular weight is 311 g/mol. The van der Waals surface area contributed by atoms with Crippen molar-refractivity contribution in [2.45, 2.75) is 50.9 Å². The fourth-order valence-electron chi connectivity index (χ4n) is 2.65. The molecule has 1 heterocycles. The first-order chi connectivity index (χ1) is 9.91. The quantitative estimate of drug-likeness (QED) is 0.877. The van der Waals surface area contributed by atoms with Crippen LogP contribution >= 0.6 is 11.6 Å². The monoisotopic (exact) mass is 310 g/mol. The maximum atomic E-state index is 12.3. The Morgan fingerprint density at radius 1 is 1.43 bits per heavy atom. The van der Waals surface area contributed by atoms with Gasteiger partial charge in [0.2, 0.25) is 5.91 Å². The zero-order chi connectivity index (χ0) is 15.5. The van der Waals surface area contributed by atoms with Gasteiger partial charge in [0.15, 0.2) is 0 Å². The molecule has 0 radical (unpaired) electrons. The molecule has 0 aromatic heterocycles. The van der Waals surface area contributed by atoms with Crippen molar-refractivity contribution in [3.05, 3.63) is 34.9 Å². The van der Waals surface area contributed by atoms with Gasteiger partial charge in [-0.05, 0) is 44.7 Å². The summed E-state index contributed by atoms with van der Waals surface area (Å²) < 4.78 is 5.63. The number of carbonyl (C=O) groups is 1. The van der Waals surface area contributed by atoms with E-state index in [1.54, 1.807) is 0 Å². The Morgan fingerprint density at radius 3 is 2.76 bits per heavy atom. The first-order valence-electron chi connectivity index (χ1n) is 7.32. The molecule has 0 aliphatic carbocycles. The molecule has 0 bridgehead atoms. The van der Waals surface area contributed by atoms with E-state index >= 15 is 0 Å². The summed E-state index contributed by atoms with van der Waals surface area (Å²) in [7, 11) is 0. The minimum absolute atomic E-state index is 0.00688. The van der Waals surface area contributed by atoms with Gasteiger partial charge in [-0.25, -0.2) is 0 Å². The smallest absolute Gasteiger partial charge is 0.249 e. The molecular weight excluding hydrogens is 288 g/mol. The second-order valence-electron chi connectivity index (χ2n) is 6.20. The van der Waals surface area contributed by atoms with Crippen molar-refractivity contribution >= 4 is 17.5 Å². The summed E-state index contributed by atoms with van der Waals surface area (Å²) >= 11 is 6.18. The summed E-state index contributed by atoms with van der Waals surface area (Å²) in [6.45, 7) is 4.44. The molecule has 21 heavy (non-hydrogen) atoms. The van der Waals surface area contributed by atoms with E-state index in [1.165, 1.54) is 0 Å². The molecular formula is C16H23ClN2O2. The Balaban J connectivity index is 1.94. The van der Waals surface area contributed by atoms with Crippen molar-refractivity contribution < 1.29 is 9.53 Å². The lowest BCUT2D eigenvalue weighted by Gasteiger charge is -2.28. The standard InChI is InChI=1S/C16H23ClN2O2/c1-16(2,9-11-5-3-4-6-13(11)17)19-15(20)14-8-7-12(10-18)21-14/h3-6,12,14H,7-10,18H2,1-2H3,(H,19,20)/t12-,14+/m1/s1. The molecule has 1 fully saturated rings. The topological polar surface area (TPSA) is 64.4 Å². The number of nitrogens with two attached hydrogens (primary N) is 1. The summed E-state index contributed by atoms with van der Waals surface area (Å²) in [6, 6.07) is 7.69. The van der Waals surface area contributed by atoms with Crippen LogP contribution in [-0.2, 0) is 16.0 Å². The molecule has 0 saturated carbocycles. The molecule has 1 aromatic rings. The molecule has 5 heteroatoms. The van der Waals surface area contributed by atoms with Crippen LogP contribution in [0.15, 0.2) is 24.3 Å². The van der Waals surface area contributed by atoms with E-state index in [0.29, 0.717) is 13.0 Å². The van der Waals surface area contributed by atoms with Gasteiger partial charge in [0.25, 0.3) is 0 Å². The lowest BCUT2D eigenvalue weighted by atomic mass is 9.94. The van der Waals surface area contributed by atoms with Crippen LogP contribution in [0.5, 0.6) is 0 Å². The van der Waals surface area contributed by atoms with Crippen molar-refractivity contribution in [3.8, 4) is 0 Å². The molecule has 1 aliphatic rings. The number of carbonyl (C=O) groups excluding carboxylic acids is 1. The van der Waals surface area contributed by atoms with Crippen LogP contribution in [0, 0.1) is 0 Å². The van der Waals surface area contributed by atoms with E-state index in [9.17, 15) is 4.79 Å². The van der Waals surface area contributed by atoms with Crippen LogP contribution in [0.1, 0.15) is 32.3 Å². The summed E-state index contributed by atoms with van der Waals surface area (Å²) in [5.41, 5.74) is 6.21. The highest BCUT2D eigenvalue weighted by Gasteiger charge is 2.32. The first kappa shape index (κ1) is 16.3. The Hall–Kier alpha value is -1.10. The van der Waals surface area contributed by atoms with Crippen molar-refractivity contribution in [2.75, 3.05) is 6.54 Å². The summed E-state index contributed by atoms with van der Waals surface area (Å²) in [5.74, 6) is -0.0667. The van der Waals surface area contributed by atoms with E-state index < -0.39 is 0 Å². The van der Waals surface area contributed by atoms with Gasteiger partial charge in [0.05, 0.1) is 6.10 Å². The molecule has 2 rings (SSSR count). The maximum Gasteiger partial charge on any atom is 0.249 e. The normalized spacial score (nSPS) is 22.3. The Kier molecular flexibility index (Phi) is 5.25. The number of amides is 1. The van der Waals surface area contributed by atoms with Gasteiger partial charge in [0, 0.05) is 17.1 Å². The number of rotatable bonds is 5. The highest BCUT2D eigenvalue weighted by molar-refractivity contribution is 6.31. The third-order valence-electron chi connectivity index (χ3n) is 3.71. The number of ether oxygens (including phenoxy) is 1. The lowest BCUT2D eigenvalue weighted by Crippen LogP contribution is -2.49. The molecule has 4 nitrogen and oxygen atoms in total. The van der Waals surface area contributed by atoms with Gasteiger partial charge in [-0.1, -0.05) is 29.8 Å². The lowest BCUT2D eigenvalue weighted by molar-refractivity contribution is -0.133. The predicted molar refractivity (Wildman–Crippen MR) is 84.3 cm³/mol. The Labute approximate surface area is 131 Å². The van der Waals surface area contributed by atoms with Crippen LogP contribution < -0.4 is 11.1 Å².